The van der Waals surface area contributed by atoms with Crippen molar-refractivity contribution in [2.45, 2.75) is 20.0 Å². The van der Waals surface area contributed by atoms with Gasteiger partial charge in [0, 0.05) is 65.8 Å². The van der Waals surface area contributed by atoms with E-state index in [9.17, 15) is 18.0 Å². The molecular formula is C35H34F3N7O2. The van der Waals surface area contributed by atoms with Crippen LogP contribution < -0.4 is 20.7 Å². The molecule has 0 atom stereocenters. The number of likely N-dealkylation sites (N-methyl/N-ethyl adjacent to an activating group) is 1. The number of aryl methyl sites for hydroxylation is 1. The Morgan fingerprint density at radius 2 is 1.74 bits per heavy atom. The molecule has 1 aliphatic rings. The third kappa shape index (κ3) is 6.54. The summed E-state index contributed by atoms with van der Waals surface area (Å²) in [5.74, 6) is -0.375. The molecule has 0 saturated carbocycles. The number of fused-ring (bicyclic) bond motifs is 1. The van der Waals surface area contributed by atoms with Crippen LogP contribution in [0.15, 0.2) is 72.9 Å². The van der Waals surface area contributed by atoms with Gasteiger partial charge in [-0.1, -0.05) is 25.1 Å². The Kier molecular flexibility index (Phi) is 8.69. The normalized spacial score (nSPS) is 14.0. The average Bonchev–Trinajstić information content (AvgIpc) is 3.07. The van der Waals surface area contributed by atoms with Crippen molar-refractivity contribution in [2.24, 2.45) is 5.73 Å². The standard InChI is InChI=1S/C35H34F3N7O2/c1-4-44-14-16-45(17-15-44)25-12-10-24(11-13-25)41-34-40-20-23-19-29(42-33(47-3)31(23)43-34)27-18-22(9-8-21(27)2)30-26(32(39)46)6-5-7-28(30)35(36,37)38/h5-13,18-20H,4,14-17H2,1-3H3,(H2,39,46)(H,40,41,43). The first kappa shape index (κ1) is 31.7. The molecule has 5 aromatic rings. The van der Waals surface area contributed by atoms with Gasteiger partial charge in [0.25, 0.3) is 0 Å². The molecule has 3 aromatic carbocycles. The number of aromatic nitrogens is 3. The maximum absolute atomic E-state index is 14.0. The van der Waals surface area contributed by atoms with Crippen LogP contribution in [0.1, 0.15) is 28.4 Å². The second kappa shape index (κ2) is 12.9. The van der Waals surface area contributed by atoms with Crippen LogP contribution in [-0.4, -0.2) is 65.6 Å². The van der Waals surface area contributed by atoms with Crippen molar-refractivity contribution in [3.63, 3.8) is 0 Å². The van der Waals surface area contributed by atoms with Gasteiger partial charge in [-0.2, -0.15) is 13.2 Å². The van der Waals surface area contributed by atoms with Crippen molar-refractivity contribution in [3.8, 4) is 28.3 Å². The van der Waals surface area contributed by atoms with Crippen molar-refractivity contribution in [1.82, 2.24) is 19.9 Å². The lowest BCUT2D eigenvalue weighted by Gasteiger charge is -2.35. The summed E-state index contributed by atoms with van der Waals surface area (Å²) in [6, 6.07) is 18.1. The number of benzene rings is 3. The van der Waals surface area contributed by atoms with Crippen LogP contribution >= 0.6 is 0 Å². The Balaban J connectivity index is 1.31. The van der Waals surface area contributed by atoms with Crippen molar-refractivity contribution in [2.75, 3.05) is 50.1 Å². The number of pyridine rings is 1. The molecule has 2 aromatic heterocycles. The monoisotopic (exact) mass is 641 g/mol. The lowest BCUT2D eigenvalue weighted by atomic mass is 9.90. The molecule has 0 unspecified atom stereocenters. The van der Waals surface area contributed by atoms with E-state index in [1.54, 1.807) is 24.4 Å². The minimum atomic E-state index is -4.70. The Labute approximate surface area is 270 Å². The summed E-state index contributed by atoms with van der Waals surface area (Å²) in [6.07, 6.45) is -3.06. The van der Waals surface area contributed by atoms with E-state index < -0.39 is 17.6 Å². The number of nitrogens with zero attached hydrogens (tertiary/aromatic N) is 5. The molecule has 12 heteroatoms. The number of methoxy groups -OCH3 is 1. The number of anilines is 3. The van der Waals surface area contributed by atoms with Crippen LogP contribution in [0.4, 0.5) is 30.5 Å². The molecule has 6 rings (SSSR count). The van der Waals surface area contributed by atoms with Gasteiger partial charge in [0.1, 0.15) is 5.52 Å². The summed E-state index contributed by atoms with van der Waals surface area (Å²) in [5, 5.41) is 3.87. The van der Waals surface area contributed by atoms with Crippen LogP contribution in [0.25, 0.3) is 33.3 Å². The second-order valence-electron chi connectivity index (χ2n) is 11.4. The largest absolute Gasteiger partial charge is 0.479 e. The summed E-state index contributed by atoms with van der Waals surface area (Å²) >= 11 is 0. The summed E-state index contributed by atoms with van der Waals surface area (Å²) in [6.45, 7) is 9.14. The van der Waals surface area contributed by atoms with E-state index in [-0.39, 0.29) is 22.6 Å². The third-order valence-corrected chi connectivity index (χ3v) is 8.47. The molecule has 1 amide bonds. The molecule has 3 heterocycles. The highest BCUT2D eigenvalue weighted by Gasteiger charge is 2.35. The van der Waals surface area contributed by atoms with E-state index in [1.807, 2.05) is 19.1 Å². The minimum Gasteiger partial charge on any atom is -0.479 e. The molecule has 242 valence electrons. The fraction of sp³-hybridized carbons (Fsp3) is 0.257. The molecule has 0 aliphatic carbocycles. The fourth-order valence-corrected chi connectivity index (χ4v) is 5.92. The molecule has 0 spiro atoms. The van der Waals surface area contributed by atoms with E-state index in [0.29, 0.717) is 28.1 Å². The van der Waals surface area contributed by atoms with Crippen molar-refractivity contribution in [3.05, 3.63) is 89.6 Å². The van der Waals surface area contributed by atoms with Crippen molar-refractivity contribution >= 4 is 34.1 Å². The predicted octanol–water partition coefficient (Wildman–Crippen LogP) is 6.68. The van der Waals surface area contributed by atoms with E-state index >= 15 is 0 Å². The smallest absolute Gasteiger partial charge is 0.417 e. The number of hydrogen-bond donors (Lipinski definition) is 2. The molecule has 9 nitrogen and oxygen atoms in total. The number of carbonyl (C=O) groups excluding carboxylic acids is 1. The Bertz CT molecular complexity index is 1940. The highest BCUT2D eigenvalue weighted by molar-refractivity contribution is 6.01. The highest BCUT2D eigenvalue weighted by atomic mass is 19.4. The van der Waals surface area contributed by atoms with Crippen LogP contribution in [0.2, 0.25) is 0 Å². The SMILES string of the molecule is CCN1CCN(c2ccc(Nc3ncc4cc(-c5cc(-c6c(C(N)=O)cccc6C(F)(F)F)ccc5C)nc(OC)c4n3)cc2)CC1. The lowest BCUT2D eigenvalue weighted by molar-refractivity contribution is -0.137. The number of nitrogens with one attached hydrogen (secondary N) is 1. The molecule has 1 saturated heterocycles. The third-order valence-electron chi connectivity index (χ3n) is 8.47. The number of carbonyl (C=O) groups is 1. The van der Waals surface area contributed by atoms with Gasteiger partial charge in [0.05, 0.1) is 18.4 Å². The summed E-state index contributed by atoms with van der Waals surface area (Å²) in [4.78, 5) is 30.8. The minimum absolute atomic E-state index is 0.179. The maximum atomic E-state index is 14.0. The van der Waals surface area contributed by atoms with Gasteiger partial charge in [-0.15, -0.1) is 0 Å². The number of halogens is 3. The second-order valence-corrected chi connectivity index (χ2v) is 11.4. The Morgan fingerprint density at radius 1 is 1.00 bits per heavy atom. The van der Waals surface area contributed by atoms with Gasteiger partial charge < -0.3 is 25.6 Å². The predicted molar refractivity (Wildman–Crippen MR) is 177 cm³/mol. The average molecular weight is 642 g/mol. The number of hydrogen-bond acceptors (Lipinski definition) is 8. The van der Waals surface area contributed by atoms with Crippen LogP contribution in [0.5, 0.6) is 5.88 Å². The van der Waals surface area contributed by atoms with Gasteiger partial charge >= 0.3 is 6.18 Å². The van der Waals surface area contributed by atoms with Gasteiger partial charge in [0.15, 0.2) is 0 Å². The van der Waals surface area contributed by atoms with E-state index in [0.717, 1.165) is 55.7 Å². The molecular weight excluding hydrogens is 607 g/mol. The fourth-order valence-electron chi connectivity index (χ4n) is 5.92. The van der Waals surface area contributed by atoms with Gasteiger partial charge in [-0.05, 0) is 73.1 Å². The number of alkyl halides is 3. The van der Waals surface area contributed by atoms with E-state index in [2.05, 4.69) is 49.1 Å². The quantitative estimate of drug-likeness (QED) is 0.193. The number of piperazine rings is 1. The zero-order valence-corrected chi connectivity index (χ0v) is 26.2. The van der Waals surface area contributed by atoms with Crippen LogP contribution in [-0.2, 0) is 6.18 Å². The molecule has 0 radical (unpaired) electrons. The summed E-state index contributed by atoms with van der Waals surface area (Å²) in [5.41, 5.74) is 8.41. The Hall–Kier alpha value is -5.23. The molecule has 1 fully saturated rings. The van der Waals surface area contributed by atoms with Gasteiger partial charge in [-0.3, -0.25) is 4.79 Å². The van der Waals surface area contributed by atoms with E-state index in [1.165, 1.54) is 25.3 Å². The number of ether oxygens (including phenoxy) is 1. The summed E-state index contributed by atoms with van der Waals surface area (Å²) < 4.78 is 47.7. The van der Waals surface area contributed by atoms with Crippen LogP contribution in [0.3, 0.4) is 0 Å². The number of rotatable bonds is 8. The Morgan fingerprint density at radius 3 is 2.40 bits per heavy atom. The number of amides is 1. The highest BCUT2D eigenvalue weighted by Crippen LogP contribution is 2.41. The molecule has 47 heavy (non-hydrogen) atoms. The molecule has 0 bridgehead atoms. The topological polar surface area (TPSA) is 110 Å². The lowest BCUT2D eigenvalue weighted by Crippen LogP contribution is -2.46. The first-order chi connectivity index (χ1) is 22.5. The molecule has 1 aliphatic heterocycles. The number of primary amides is 1. The zero-order valence-electron chi connectivity index (χ0n) is 26.2. The number of nitrogens with two attached hydrogens (primary N) is 1. The zero-order chi connectivity index (χ0) is 33.3. The van der Waals surface area contributed by atoms with E-state index in [4.69, 9.17) is 10.5 Å². The summed E-state index contributed by atoms with van der Waals surface area (Å²) in [7, 11) is 1.47. The first-order valence-corrected chi connectivity index (χ1v) is 15.2. The van der Waals surface area contributed by atoms with Crippen molar-refractivity contribution < 1.29 is 22.7 Å². The first-order valence-electron chi connectivity index (χ1n) is 15.2. The van der Waals surface area contributed by atoms with Crippen LogP contribution in [0, 0.1) is 6.92 Å². The maximum Gasteiger partial charge on any atom is 0.417 e. The molecule has 3 N–H and O–H groups in total. The van der Waals surface area contributed by atoms with Gasteiger partial charge in [0.2, 0.25) is 17.7 Å². The van der Waals surface area contributed by atoms with Gasteiger partial charge in [-0.25, -0.2) is 15.0 Å². The van der Waals surface area contributed by atoms with Crippen molar-refractivity contribution in [1.29, 1.82) is 0 Å².